The maximum Gasteiger partial charge on any atom is 0.0991 e. The SMILES string of the molecule is Cn1cc(CN2Cc3cn(-c4ccccc4)nc3-c3ccn(C)c3C2)cn1. The molecule has 0 atom stereocenters. The van der Waals surface area contributed by atoms with Crippen molar-refractivity contribution in [2.45, 2.75) is 19.6 Å². The standard InChI is InChI=1S/C21H22N6/c1-24-9-8-19-20(24)15-26(12-16-10-22-25(2)11-16)13-17-14-27(23-21(17)19)18-6-4-3-5-7-18/h3-11,14H,12-13,15H2,1-2H3. The van der Waals surface area contributed by atoms with E-state index in [9.17, 15) is 0 Å². The first kappa shape index (κ1) is 16.1. The first-order chi connectivity index (χ1) is 13.2. The molecule has 0 N–H and O–H groups in total. The molecule has 5 rings (SSSR count). The molecule has 0 fully saturated rings. The highest BCUT2D eigenvalue weighted by Crippen LogP contribution is 2.33. The van der Waals surface area contributed by atoms with E-state index in [2.05, 4.69) is 58.4 Å². The molecule has 0 saturated heterocycles. The minimum absolute atomic E-state index is 0.867. The summed E-state index contributed by atoms with van der Waals surface area (Å²) in [5.41, 5.74) is 7.19. The highest BCUT2D eigenvalue weighted by Gasteiger charge is 2.25. The predicted octanol–water partition coefficient (Wildman–Crippen LogP) is 3.13. The lowest BCUT2D eigenvalue weighted by Crippen LogP contribution is -2.22. The van der Waals surface area contributed by atoms with Crippen molar-refractivity contribution < 1.29 is 0 Å². The fraction of sp³-hybridized carbons (Fsp3) is 0.238. The van der Waals surface area contributed by atoms with Gasteiger partial charge in [-0.25, -0.2) is 4.68 Å². The molecule has 0 aliphatic carbocycles. The normalized spacial score (nSPS) is 14.0. The number of aromatic nitrogens is 5. The van der Waals surface area contributed by atoms with E-state index in [0.717, 1.165) is 31.0 Å². The van der Waals surface area contributed by atoms with Gasteiger partial charge in [0.2, 0.25) is 0 Å². The van der Waals surface area contributed by atoms with Gasteiger partial charge in [-0.3, -0.25) is 9.58 Å². The fourth-order valence-corrected chi connectivity index (χ4v) is 3.87. The molecule has 1 aromatic carbocycles. The Morgan fingerprint density at radius 2 is 1.85 bits per heavy atom. The predicted molar refractivity (Wildman–Crippen MR) is 104 cm³/mol. The van der Waals surface area contributed by atoms with Crippen molar-refractivity contribution in [2.24, 2.45) is 14.1 Å². The summed E-state index contributed by atoms with van der Waals surface area (Å²) in [5, 5.41) is 9.26. The highest BCUT2D eigenvalue weighted by molar-refractivity contribution is 5.67. The number of para-hydroxylation sites is 1. The molecule has 6 nitrogen and oxygen atoms in total. The molecule has 0 spiro atoms. The summed E-state index contributed by atoms with van der Waals surface area (Å²) >= 11 is 0. The first-order valence-corrected chi connectivity index (χ1v) is 9.16. The lowest BCUT2D eigenvalue weighted by Gasteiger charge is -2.20. The Morgan fingerprint density at radius 1 is 1.00 bits per heavy atom. The van der Waals surface area contributed by atoms with Crippen molar-refractivity contribution in [3.05, 3.63) is 78.0 Å². The highest BCUT2D eigenvalue weighted by atomic mass is 15.3. The summed E-state index contributed by atoms with van der Waals surface area (Å²) in [4.78, 5) is 2.46. The number of benzene rings is 1. The Kier molecular flexibility index (Phi) is 3.72. The Morgan fingerprint density at radius 3 is 2.63 bits per heavy atom. The van der Waals surface area contributed by atoms with Crippen LogP contribution in [0.3, 0.4) is 0 Å². The Bertz CT molecular complexity index is 1090. The van der Waals surface area contributed by atoms with Crippen molar-refractivity contribution in [3.63, 3.8) is 0 Å². The van der Waals surface area contributed by atoms with E-state index in [4.69, 9.17) is 5.10 Å². The lowest BCUT2D eigenvalue weighted by molar-refractivity contribution is 0.245. The Hall–Kier alpha value is -3.12. The smallest absolute Gasteiger partial charge is 0.0991 e. The van der Waals surface area contributed by atoms with E-state index in [1.54, 1.807) is 0 Å². The number of fused-ring (bicyclic) bond motifs is 3. The molecule has 0 radical (unpaired) electrons. The van der Waals surface area contributed by atoms with E-state index in [1.807, 2.05) is 40.8 Å². The molecule has 0 amide bonds. The van der Waals surface area contributed by atoms with Crippen LogP contribution in [0.1, 0.15) is 16.8 Å². The van der Waals surface area contributed by atoms with Crippen molar-refractivity contribution in [1.82, 2.24) is 29.0 Å². The van der Waals surface area contributed by atoms with E-state index >= 15 is 0 Å². The van der Waals surface area contributed by atoms with Crippen molar-refractivity contribution in [1.29, 1.82) is 0 Å². The molecule has 0 bridgehead atoms. The van der Waals surface area contributed by atoms with Crippen LogP contribution >= 0.6 is 0 Å². The van der Waals surface area contributed by atoms with E-state index in [0.29, 0.717) is 0 Å². The van der Waals surface area contributed by atoms with Crippen LogP contribution < -0.4 is 0 Å². The third-order valence-electron chi connectivity index (χ3n) is 5.20. The molecular weight excluding hydrogens is 336 g/mol. The van der Waals surface area contributed by atoms with Gasteiger partial charge >= 0.3 is 0 Å². The van der Waals surface area contributed by atoms with Crippen molar-refractivity contribution in [2.75, 3.05) is 0 Å². The molecule has 136 valence electrons. The van der Waals surface area contributed by atoms with Crippen LogP contribution in [0.5, 0.6) is 0 Å². The monoisotopic (exact) mass is 358 g/mol. The van der Waals surface area contributed by atoms with Crippen LogP contribution in [-0.2, 0) is 33.7 Å². The maximum absolute atomic E-state index is 4.94. The summed E-state index contributed by atoms with van der Waals surface area (Å²) in [5.74, 6) is 0. The lowest BCUT2D eigenvalue weighted by atomic mass is 10.1. The van der Waals surface area contributed by atoms with Crippen LogP contribution in [0.2, 0.25) is 0 Å². The van der Waals surface area contributed by atoms with Gasteiger partial charge in [-0.05, 0) is 18.2 Å². The number of hydrogen-bond donors (Lipinski definition) is 0. The quantitative estimate of drug-likeness (QED) is 0.565. The third-order valence-corrected chi connectivity index (χ3v) is 5.20. The molecule has 27 heavy (non-hydrogen) atoms. The average molecular weight is 358 g/mol. The van der Waals surface area contributed by atoms with E-state index in [-0.39, 0.29) is 0 Å². The largest absolute Gasteiger partial charge is 0.353 e. The van der Waals surface area contributed by atoms with Gasteiger partial charge in [-0.15, -0.1) is 0 Å². The number of rotatable bonds is 3. The zero-order valence-corrected chi connectivity index (χ0v) is 15.6. The minimum Gasteiger partial charge on any atom is -0.353 e. The summed E-state index contributed by atoms with van der Waals surface area (Å²) < 4.78 is 6.07. The summed E-state index contributed by atoms with van der Waals surface area (Å²) in [6.07, 6.45) is 8.34. The van der Waals surface area contributed by atoms with Crippen molar-refractivity contribution in [3.8, 4) is 16.9 Å². The van der Waals surface area contributed by atoms with Gasteiger partial charge in [0.05, 0.1) is 17.6 Å². The van der Waals surface area contributed by atoms with Gasteiger partial charge in [0.1, 0.15) is 0 Å². The van der Waals surface area contributed by atoms with Crippen LogP contribution in [-0.4, -0.2) is 29.0 Å². The third kappa shape index (κ3) is 2.88. The van der Waals surface area contributed by atoms with Gasteiger partial charge < -0.3 is 4.57 Å². The molecule has 0 saturated carbocycles. The summed E-state index contributed by atoms with van der Waals surface area (Å²) in [6.45, 7) is 2.63. The second kappa shape index (κ2) is 6.25. The number of hydrogen-bond acceptors (Lipinski definition) is 3. The van der Waals surface area contributed by atoms with Crippen LogP contribution in [0, 0.1) is 0 Å². The molecule has 4 aromatic rings. The second-order valence-electron chi connectivity index (χ2n) is 7.24. The molecular formula is C21H22N6. The summed E-state index contributed by atoms with van der Waals surface area (Å²) in [6, 6.07) is 12.5. The second-order valence-corrected chi connectivity index (χ2v) is 7.24. The topological polar surface area (TPSA) is 43.8 Å². The number of nitrogens with zero attached hydrogens (tertiary/aromatic N) is 6. The first-order valence-electron chi connectivity index (χ1n) is 9.16. The van der Waals surface area contributed by atoms with Gasteiger partial charge in [0, 0.05) is 74.7 Å². The van der Waals surface area contributed by atoms with E-state index < -0.39 is 0 Å². The maximum atomic E-state index is 4.94. The molecule has 3 aromatic heterocycles. The molecule has 1 aliphatic rings. The van der Waals surface area contributed by atoms with Gasteiger partial charge in [-0.1, -0.05) is 18.2 Å². The zero-order chi connectivity index (χ0) is 18.4. The molecule has 4 heterocycles. The molecule has 1 aliphatic heterocycles. The van der Waals surface area contributed by atoms with Crippen LogP contribution in [0.25, 0.3) is 16.9 Å². The average Bonchev–Trinajstić information content (AvgIpc) is 3.34. The Labute approximate surface area is 158 Å². The van der Waals surface area contributed by atoms with Crippen molar-refractivity contribution >= 4 is 0 Å². The Balaban J connectivity index is 1.57. The zero-order valence-electron chi connectivity index (χ0n) is 15.6. The minimum atomic E-state index is 0.867. The van der Waals surface area contributed by atoms with Gasteiger partial charge in [0.15, 0.2) is 0 Å². The van der Waals surface area contributed by atoms with Crippen LogP contribution in [0.4, 0.5) is 0 Å². The van der Waals surface area contributed by atoms with Gasteiger partial charge in [0.25, 0.3) is 0 Å². The molecule has 6 heteroatoms. The van der Waals surface area contributed by atoms with Crippen LogP contribution in [0.15, 0.2) is 61.2 Å². The fourth-order valence-electron chi connectivity index (χ4n) is 3.87. The van der Waals surface area contributed by atoms with E-state index in [1.165, 1.54) is 22.4 Å². The summed E-state index contributed by atoms with van der Waals surface area (Å²) in [7, 11) is 4.07. The number of aryl methyl sites for hydroxylation is 2. The molecule has 0 unspecified atom stereocenters. The van der Waals surface area contributed by atoms with Gasteiger partial charge in [-0.2, -0.15) is 10.2 Å².